The van der Waals surface area contributed by atoms with E-state index in [9.17, 15) is 4.79 Å². The molecule has 21 heavy (non-hydrogen) atoms. The van der Waals surface area contributed by atoms with E-state index in [2.05, 4.69) is 27.9 Å². The van der Waals surface area contributed by atoms with Crippen LogP contribution >= 0.6 is 11.3 Å². The van der Waals surface area contributed by atoms with E-state index in [-0.39, 0.29) is 12.7 Å². The number of anilines is 1. The lowest BCUT2D eigenvalue weighted by Gasteiger charge is -2.32. The van der Waals surface area contributed by atoms with Crippen molar-refractivity contribution in [3.05, 3.63) is 17.3 Å². The van der Waals surface area contributed by atoms with Gasteiger partial charge in [-0.2, -0.15) is 0 Å². The molecule has 2 aromatic heterocycles. The number of rotatable bonds is 4. The lowest BCUT2D eigenvalue weighted by Crippen LogP contribution is -2.38. The number of fused-ring (bicyclic) bond motifs is 1. The smallest absolute Gasteiger partial charge is 0.329 e. The van der Waals surface area contributed by atoms with Gasteiger partial charge in [-0.1, -0.05) is 0 Å². The number of aryl methyl sites for hydroxylation is 1. The van der Waals surface area contributed by atoms with Crippen molar-refractivity contribution in [2.45, 2.75) is 25.9 Å². The largest absolute Gasteiger partial charge is 0.480 e. The van der Waals surface area contributed by atoms with Crippen molar-refractivity contribution in [1.82, 2.24) is 9.97 Å². The van der Waals surface area contributed by atoms with Crippen LogP contribution in [0.1, 0.15) is 17.7 Å². The first-order chi connectivity index (χ1) is 10.1. The zero-order valence-corrected chi connectivity index (χ0v) is 12.6. The predicted octanol–water partition coefficient (Wildman–Crippen LogP) is 2.07. The van der Waals surface area contributed by atoms with Gasteiger partial charge in [0.1, 0.15) is 23.6 Å². The molecule has 0 saturated carbocycles. The quantitative estimate of drug-likeness (QED) is 0.932. The SMILES string of the molecule is Cc1cc2c(N3CCC(OCC(=O)O)CC3)ncnc2s1. The van der Waals surface area contributed by atoms with Gasteiger partial charge in [0, 0.05) is 18.0 Å². The lowest BCUT2D eigenvalue weighted by molar-refractivity contribution is -0.144. The monoisotopic (exact) mass is 307 g/mol. The molecule has 0 radical (unpaired) electrons. The summed E-state index contributed by atoms with van der Waals surface area (Å²) >= 11 is 1.67. The first-order valence-corrected chi connectivity index (χ1v) is 7.74. The van der Waals surface area contributed by atoms with Crippen molar-refractivity contribution in [1.29, 1.82) is 0 Å². The maximum absolute atomic E-state index is 10.5. The molecule has 0 bridgehead atoms. The summed E-state index contributed by atoms with van der Waals surface area (Å²) in [7, 11) is 0. The average molecular weight is 307 g/mol. The van der Waals surface area contributed by atoms with E-state index in [1.807, 2.05) is 0 Å². The highest BCUT2D eigenvalue weighted by Gasteiger charge is 2.23. The van der Waals surface area contributed by atoms with Gasteiger partial charge >= 0.3 is 5.97 Å². The number of piperidine rings is 1. The summed E-state index contributed by atoms with van der Waals surface area (Å²) in [5, 5.41) is 9.75. The number of ether oxygens (including phenoxy) is 1. The first kappa shape index (κ1) is 14.2. The van der Waals surface area contributed by atoms with E-state index < -0.39 is 5.97 Å². The minimum atomic E-state index is -0.913. The maximum atomic E-state index is 10.5. The fraction of sp³-hybridized carbons (Fsp3) is 0.500. The predicted molar refractivity (Wildman–Crippen MR) is 81.0 cm³/mol. The second-order valence-corrected chi connectivity index (χ2v) is 6.40. The van der Waals surface area contributed by atoms with Crippen LogP contribution in [0.2, 0.25) is 0 Å². The Morgan fingerprint density at radius 3 is 2.95 bits per heavy atom. The van der Waals surface area contributed by atoms with Crippen LogP contribution in [0, 0.1) is 6.92 Å². The Morgan fingerprint density at radius 1 is 1.48 bits per heavy atom. The molecule has 6 nitrogen and oxygen atoms in total. The van der Waals surface area contributed by atoms with Crippen LogP contribution < -0.4 is 4.90 Å². The van der Waals surface area contributed by atoms with Crippen molar-refractivity contribution in [3.63, 3.8) is 0 Å². The Morgan fingerprint density at radius 2 is 2.24 bits per heavy atom. The van der Waals surface area contributed by atoms with E-state index in [0.717, 1.165) is 42.0 Å². The normalized spacial score (nSPS) is 16.5. The van der Waals surface area contributed by atoms with Crippen molar-refractivity contribution in [2.24, 2.45) is 0 Å². The molecule has 3 rings (SSSR count). The Kier molecular flexibility index (Phi) is 4.03. The molecule has 0 amide bonds. The third-order valence-electron chi connectivity index (χ3n) is 3.62. The Hall–Kier alpha value is -1.73. The number of carbonyl (C=O) groups is 1. The minimum absolute atomic E-state index is 0.0267. The standard InChI is InChI=1S/C14H17N3O3S/c1-9-6-11-13(15-8-16-14(11)21-9)17-4-2-10(3-5-17)20-7-12(18)19/h6,8,10H,2-5,7H2,1H3,(H,18,19). The Bertz CT molecular complexity index is 650. The van der Waals surface area contributed by atoms with Gasteiger partial charge in [-0.25, -0.2) is 14.8 Å². The van der Waals surface area contributed by atoms with E-state index in [1.54, 1.807) is 17.7 Å². The van der Waals surface area contributed by atoms with Gasteiger partial charge in [-0.15, -0.1) is 11.3 Å². The van der Waals surface area contributed by atoms with Crippen molar-refractivity contribution >= 4 is 33.3 Å². The maximum Gasteiger partial charge on any atom is 0.329 e. The number of hydrogen-bond acceptors (Lipinski definition) is 6. The molecular weight excluding hydrogens is 290 g/mol. The number of thiophene rings is 1. The molecule has 0 aromatic carbocycles. The average Bonchev–Trinajstić information content (AvgIpc) is 2.85. The van der Waals surface area contributed by atoms with Gasteiger partial charge in [0.05, 0.1) is 11.5 Å². The molecule has 112 valence electrons. The van der Waals surface area contributed by atoms with E-state index in [1.165, 1.54) is 4.88 Å². The van der Waals surface area contributed by atoms with Crippen LogP contribution in [0.5, 0.6) is 0 Å². The fourth-order valence-electron chi connectivity index (χ4n) is 2.64. The summed E-state index contributed by atoms with van der Waals surface area (Å²) in [5.41, 5.74) is 0. The molecule has 0 unspecified atom stereocenters. The molecule has 1 saturated heterocycles. The van der Waals surface area contributed by atoms with Crippen LogP contribution in [0.25, 0.3) is 10.2 Å². The highest BCUT2D eigenvalue weighted by atomic mass is 32.1. The van der Waals surface area contributed by atoms with Gasteiger partial charge in [-0.3, -0.25) is 0 Å². The lowest BCUT2D eigenvalue weighted by atomic mass is 10.1. The molecular formula is C14H17N3O3S. The molecule has 1 fully saturated rings. The number of hydrogen-bond donors (Lipinski definition) is 1. The van der Waals surface area contributed by atoms with Crippen molar-refractivity contribution < 1.29 is 14.6 Å². The van der Waals surface area contributed by atoms with Crippen LogP contribution in [0.15, 0.2) is 12.4 Å². The molecule has 7 heteroatoms. The third kappa shape index (κ3) is 3.14. The van der Waals surface area contributed by atoms with Gasteiger partial charge < -0.3 is 14.7 Å². The minimum Gasteiger partial charge on any atom is -0.480 e. The Balaban J connectivity index is 1.69. The highest BCUT2D eigenvalue weighted by Crippen LogP contribution is 2.31. The summed E-state index contributed by atoms with van der Waals surface area (Å²) < 4.78 is 5.36. The number of carboxylic acids is 1. The van der Waals surface area contributed by atoms with Crippen molar-refractivity contribution in [3.8, 4) is 0 Å². The summed E-state index contributed by atoms with van der Waals surface area (Å²) in [6, 6.07) is 2.13. The molecule has 0 aliphatic carbocycles. The number of aliphatic carboxylic acids is 1. The number of nitrogens with zero attached hydrogens (tertiary/aromatic N) is 3. The number of aromatic nitrogens is 2. The summed E-state index contributed by atoms with van der Waals surface area (Å²) in [6.07, 6.45) is 3.28. The second kappa shape index (κ2) is 5.95. The molecule has 1 N–H and O–H groups in total. The summed E-state index contributed by atoms with van der Waals surface area (Å²) in [4.78, 5) is 23.7. The van der Waals surface area contributed by atoms with Crippen LogP contribution in [-0.2, 0) is 9.53 Å². The molecule has 0 spiro atoms. The highest BCUT2D eigenvalue weighted by molar-refractivity contribution is 7.18. The van der Waals surface area contributed by atoms with Gasteiger partial charge in [0.2, 0.25) is 0 Å². The van der Waals surface area contributed by atoms with Crippen molar-refractivity contribution in [2.75, 3.05) is 24.6 Å². The molecule has 1 aliphatic heterocycles. The fourth-order valence-corrected chi connectivity index (χ4v) is 3.48. The second-order valence-electron chi connectivity index (χ2n) is 5.16. The zero-order valence-electron chi connectivity index (χ0n) is 11.8. The molecule has 3 heterocycles. The summed E-state index contributed by atoms with van der Waals surface area (Å²) in [6.45, 7) is 3.50. The van der Waals surface area contributed by atoms with E-state index in [4.69, 9.17) is 9.84 Å². The molecule has 2 aromatic rings. The van der Waals surface area contributed by atoms with Gasteiger partial charge in [0.15, 0.2) is 0 Å². The van der Waals surface area contributed by atoms with E-state index in [0.29, 0.717) is 0 Å². The van der Waals surface area contributed by atoms with Crippen LogP contribution in [0.4, 0.5) is 5.82 Å². The van der Waals surface area contributed by atoms with E-state index >= 15 is 0 Å². The number of carboxylic acid groups (broad SMARTS) is 1. The van der Waals surface area contributed by atoms with Crippen LogP contribution in [-0.4, -0.2) is 46.8 Å². The molecule has 0 atom stereocenters. The zero-order chi connectivity index (χ0) is 14.8. The summed E-state index contributed by atoms with van der Waals surface area (Å²) in [5.74, 6) is 0.0599. The van der Waals surface area contributed by atoms with Gasteiger partial charge in [0.25, 0.3) is 0 Å². The van der Waals surface area contributed by atoms with Crippen LogP contribution in [0.3, 0.4) is 0 Å². The van der Waals surface area contributed by atoms with Gasteiger partial charge in [-0.05, 0) is 25.8 Å². The first-order valence-electron chi connectivity index (χ1n) is 6.93. The molecule has 1 aliphatic rings. The third-order valence-corrected chi connectivity index (χ3v) is 4.57. The topological polar surface area (TPSA) is 75.5 Å². The Labute approximate surface area is 126 Å².